The number of aromatic hydroxyl groups is 1. The minimum absolute atomic E-state index is 0.237. The van der Waals surface area contributed by atoms with E-state index in [1.165, 1.54) is 7.11 Å². The molecule has 0 saturated carbocycles. The first kappa shape index (κ1) is 13.3. The number of nitrogens with zero attached hydrogens (tertiary/aromatic N) is 1. The zero-order valence-corrected chi connectivity index (χ0v) is 10.9. The van der Waals surface area contributed by atoms with Gasteiger partial charge < -0.3 is 14.8 Å². The van der Waals surface area contributed by atoms with E-state index in [1.54, 1.807) is 6.92 Å². The van der Waals surface area contributed by atoms with E-state index in [-0.39, 0.29) is 17.0 Å². The van der Waals surface area contributed by atoms with Crippen LogP contribution >= 0.6 is 0 Å². The molecule has 1 unspecified atom stereocenters. The third kappa shape index (κ3) is 2.66. The van der Waals surface area contributed by atoms with Crippen LogP contribution in [0, 0.1) is 0 Å². The predicted molar refractivity (Wildman–Crippen MR) is 71.2 cm³/mol. The molecule has 100 valence electrons. The van der Waals surface area contributed by atoms with Gasteiger partial charge >= 0.3 is 0 Å². The van der Waals surface area contributed by atoms with Gasteiger partial charge in [0.15, 0.2) is 0 Å². The van der Waals surface area contributed by atoms with E-state index in [4.69, 9.17) is 4.74 Å². The summed E-state index contributed by atoms with van der Waals surface area (Å²) in [6.07, 6.45) is -0.0806. The molecule has 2 N–H and O–H groups in total. The van der Waals surface area contributed by atoms with Crippen molar-refractivity contribution in [2.75, 3.05) is 7.11 Å². The topological polar surface area (TPSA) is 75.2 Å². The molecule has 0 saturated heterocycles. The van der Waals surface area contributed by atoms with Crippen LogP contribution in [-0.4, -0.2) is 22.2 Å². The molecule has 5 nitrogen and oxygen atoms in total. The van der Waals surface area contributed by atoms with Gasteiger partial charge in [0.25, 0.3) is 5.56 Å². The van der Waals surface area contributed by atoms with E-state index >= 15 is 0 Å². The molecule has 5 heteroatoms. The molecule has 0 aliphatic rings. The Kier molecular flexibility index (Phi) is 3.97. The summed E-state index contributed by atoms with van der Waals surface area (Å²) in [6.45, 7) is 1.79. The summed E-state index contributed by atoms with van der Waals surface area (Å²) in [4.78, 5) is 18.5. The van der Waals surface area contributed by atoms with Crippen molar-refractivity contribution >= 4 is 0 Å². The molecule has 0 amide bonds. The Hall–Kier alpha value is -2.14. The number of rotatable bonds is 4. The van der Waals surface area contributed by atoms with Gasteiger partial charge in [-0.3, -0.25) is 4.79 Å². The van der Waals surface area contributed by atoms with Crippen LogP contribution in [0.3, 0.4) is 0 Å². The van der Waals surface area contributed by atoms with Crippen molar-refractivity contribution < 1.29 is 9.84 Å². The lowest BCUT2D eigenvalue weighted by Crippen LogP contribution is -2.19. The quantitative estimate of drug-likeness (QED) is 0.878. The summed E-state index contributed by atoms with van der Waals surface area (Å²) in [7, 11) is 1.53. The fraction of sp³-hybridized carbons (Fsp3) is 0.286. The maximum atomic E-state index is 11.8. The molecule has 0 aliphatic heterocycles. The maximum absolute atomic E-state index is 11.8. The van der Waals surface area contributed by atoms with Crippen LogP contribution in [0.15, 0.2) is 35.1 Å². The Balaban J connectivity index is 2.48. The highest BCUT2D eigenvalue weighted by Crippen LogP contribution is 2.23. The van der Waals surface area contributed by atoms with Crippen LogP contribution in [0.2, 0.25) is 0 Å². The predicted octanol–water partition coefficient (Wildman–Crippen LogP) is 1.77. The summed E-state index contributed by atoms with van der Waals surface area (Å²) < 4.78 is 5.36. The van der Waals surface area contributed by atoms with Gasteiger partial charge in [-0.15, -0.1) is 0 Å². The molecular formula is C14H16N2O3. The highest BCUT2D eigenvalue weighted by molar-refractivity contribution is 5.27. The van der Waals surface area contributed by atoms with E-state index in [0.29, 0.717) is 12.2 Å². The normalized spacial score (nSPS) is 12.3. The number of aromatic amines is 1. The number of hydrogen-bond donors (Lipinski definition) is 2. The van der Waals surface area contributed by atoms with Crippen LogP contribution in [0.25, 0.3) is 0 Å². The summed E-state index contributed by atoms with van der Waals surface area (Å²) >= 11 is 0. The molecule has 0 spiro atoms. The summed E-state index contributed by atoms with van der Waals surface area (Å²) in [6, 6.07) is 9.39. The number of aromatic nitrogens is 2. The van der Waals surface area contributed by atoms with Gasteiger partial charge in [-0.25, -0.2) is 0 Å². The van der Waals surface area contributed by atoms with Gasteiger partial charge in [0, 0.05) is 7.11 Å². The van der Waals surface area contributed by atoms with Crippen molar-refractivity contribution in [1.82, 2.24) is 9.97 Å². The second-order valence-corrected chi connectivity index (χ2v) is 4.13. The lowest BCUT2D eigenvalue weighted by Gasteiger charge is -2.15. The zero-order valence-electron chi connectivity index (χ0n) is 10.9. The second-order valence-electron chi connectivity index (χ2n) is 4.13. The van der Waals surface area contributed by atoms with Gasteiger partial charge in [0.05, 0.1) is 5.56 Å². The molecule has 1 heterocycles. The lowest BCUT2D eigenvalue weighted by molar-refractivity contribution is 0.128. The minimum Gasteiger partial charge on any atom is -0.493 e. The molecule has 0 aliphatic carbocycles. The van der Waals surface area contributed by atoms with Crippen LogP contribution in [0.4, 0.5) is 0 Å². The molecule has 2 aromatic rings. The van der Waals surface area contributed by atoms with Crippen molar-refractivity contribution in [3.63, 3.8) is 0 Å². The Bertz CT molecular complexity index is 608. The van der Waals surface area contributed by atoms with Crippen molar-refractivity contribution in [1.29, 1.82) is 0 Å². The third-order valence-corrected chi connectivity index (χ3v) is 2.95. The summed E-state index contributed by atoms with van der Waals surface area (Å²) in [5, 5.41) is 9.78. The van der Waals surface area contributed by atoms with Gasteiger partial charge in [0.1, 0.15) is 11.9 Å². The first-order valence-corrected chi connectivity index (χ1v) is 6.07. The molecule has 2 rings (SSSR count). The second kappa shape index (κ2) is 5.67. The Morgan fingerprint density at radius 3 is 2.58 bits per heavy atom. The molecule has 0 fully saturated rings. The van der Waals surface area contributed by atoms with Crippen molar-refractivity contribution in [3.8, 4) is 5.88 Å². The average Bonchev–Trinajstić information content (AvgIpc) is 2.40. The summed E-state index contributed by atoms with van der Waals surface area (Å²) in [5.41, 5.74) is 0.812. The number of ether oxygens (including phenoxy) is 1. The average molecular weight is 260 g/mol. The van der Waals surface area contributed by atoms with Crippen LogP contribution < -0.4 is 5.56 Å². The Labute approximate surface area is 110 Å². The molecule has 1 aromatic heterocycles. The standard InChI is InChI=1S/C14H16N2O3/c1-3-10-13(17)15-12(16-14(10)18)11(19-2)9-7-5-4-6-8-9/h4-8,11H,3H2,1-2H3,(H2,15,16,17,18). The minimum atomic E-state index is -0.509. The van der Waals surface area contributed by atoms with E-state index in [0.717, 1.165) is 5.56 Å². The number of methoxy groups -OCH3 is 1. The molecular weight excluding hydrogens is 244 g/mol. The van der Waals surface area contributed by atoms with Crippen LogP contribution in [-0.2, 0) is 11.2 Å². The fourth-order valence-electron chi connectivity index (χ4n) is 1.98. The van der Waals surface area contributed by atoms with E-state index in [1.807, 2.05) is 30.3 Å². The van der Waals surface area contributed by atoms with Crippen molar-refractivity contribution in [2.45, 2.75) is 19.4 Å². The highest BCUT2D eigenvalue weighted by atomic mass is 16.5. The number of benzene rings is 1. The number of H-pyrrole nitrogens is 1. The molecule has 19 heavy (non-hydrogen) atoms. The summed E-state index contributed by atoms with van der Waals surface area (Å²) in [5.74, 6) is 0.0626. The smallest absolute Gasteiger partial charge is 0.258 e. The highest BCUT2D eigenvalue weighted by Gasteiger charge is 2.18. The molecule has 0 radical (unpaired) electrons. The fourth-order valence-corrected chi connectivity index (χ4v) is 1.98. The number of hydrogen-bond acceptors (Lipinski definition) is 4. The molecule has 1 aromatic carbocycles. The molecule has 1 atom stereocenters. The lowest BCUT2D eigenvalue weighted by atomic mass is 10.1. The monoisotopic (exact) mass is 260 g/mol. The number of nitrogens with one attached hydrogen (secondary N) is 1. The first-order valence-electron chi connectivity index (χ1n) is 6.07. The largest absolute Gasteiger partial charge is 0.493 e. The third-order valence-electron chi connectivity index (χ3n) is 2.95. The zero-order chi connectivity index (χ0) is 13.8. The van der Waals surface area contributed by atoms with E-state index in [2.05, 4.69) is 9.97 Å². The van der Waals surface area contributed by atoms with E-state index in [9.17, 15) is 9.90 Å². The molecule has 0 bridgehead atoms. The first-order chi connectivity index (χ1) is 9.17. The SMILES string of the molecule is CCc1c(O)nc(C(OC)c2ccccc2)[nH]c1=O. The van der Waals surface area contributed by atoms with Crippen molar-refractivity contribution in [3.05, 3.63) is 57.6 Å². The van der Waals surface area contributed by atoms with Gasteiger partial charge in [0.2, 0.25) is 5.88 Å². The van der Waals surface area contributed by atoms with Crippen LogP contribution in [0.5, 0.6) is 5.88 Å². The Morgan fingerprint density at radius 2 is 2.05 bits per heavy atom. The van der Waals surface area contributed by atoms with Crippen molar-refractivity contribution in [2.24, 2.45) is 0 Å². The van der Waals surface area contributed by atoms with Crippen LogP contribution in [0.1, 0.15) is 30.0 Å². The van der Waals surface area contributed by atoms with Gasteiger partial charge in [-0.05, 0) is 12.0 Å². The maximum Gasteiger partial charge on any atom is 0.258 e. The Morgan fingerprint density at radius 1 is 1.37 bits per heavy atom. The van der Waals surface area contributed by atoms with E-state index < -0.39 is 6.10 Å². The van der Waals surface area contributed by atoms with Gasteiger partial charge in [-0.2, -0.15) is 4.98 Å². The van der Waals surface area contributed by atoms with Gasteiger partial charge in [-0.1, -0.05) is 37.3 Å².